The predicted molar refractivity (Wildman–Crippen MR) is 152 cm³/mol. The Morgan fingerprint density at radius 1 is 0.676 bits per heavy atom. The molecule has 0 bridgehead atoms. The topological polar surface area (TPSA) is 52.1 Å². The quantitative estimate of drug-likeness (QED) is 0.244. The molecule has 0 atom stereocenters. The number of fused-ring (bicyclic) bond motifs is 4. The fourth-order valence-electron chi connectivity index (χ4n) is 4.83. The molecule has 4 nitrogen and oxygen atoms in total. The maximum atomic E-state index is 6.33. The number of para-hydroxylation sites is 1. The van der Waals surface area contributed by atoms with Gasteiger partial charge in [0.25, 0.3) is 0 Å². The number of nitrogens with zero attached hydrogens (tertiary/aromatic N) is 2. The van der Waals surface area contributed by atoms with Crippen LogP contribution in [-0.2, 0) is 10.8 Å². The van der Waals surface area contributed by atoms with Gasteiger partial charge in [0.15, 0.2) is 5.58 Å². The van der Waals surface area contributed by atoms with Gasteiger partial charge in [0.1, 0.15) is 16.9 Å². The molecule has 186 valence electrons. The van der Waals surface area contributed by atoms with Crippen LogP contribution in [-0.4, -0.2) is 9.97 Å². The van der Waals surface area contributed by atoms with E-state index in [4.69, 9.17) is 13.8 Å². The average Bonchev–Trinajstić information content (AvgIpc) is 3.43. The van der Waals surface area contributed by atoms with Crippen molar-refractivity contribution in [2.24, 2.45) is 0 Å². The molecule has 0 spiro atoms. The van der Waals surface area contributed by atoms with Crippen molar-refractivity contribution in [3.8, 4) is 22.6 Å². The van der Waals surface area contributed by atoms with E-state index in [2.05, 4.69) is 89.0 Å². The predicted octanol–water partition coefficient (Wildman–Crippen LogP) is 9.36. The summed E-state index contributed by atoms with van der Waals surface area (Å²) >= 11 is 0. The Hall–Kier alpha value is -3.92. The van der Waals surface area contributed by atoms with Crippen molar-refractivity contribution < 1.29 is 8.83 Å². The molecule has 0 radical (unpaired) electrons. The van der Waals surface area contributed by atoms with Crippen molar-refractivity contribution in [1.82, 2.24) is 9.97 Å². The summed E-state index contributed by atoms with van der Waals surface area (Å²) in [5, 5.41) is 2.06. The lowest BCUT2D eigenvalue weighted by Crippen LogP contribution is -2.16. The van der Waals surface area contributed by atoms with Crippen molar-refractivity contribution in [3.63, 3.8) is 0 Å². The molecule has 0 fully saturated rings. The van der Waals surface area contributed by atoms with Gasteiger partial charge in [-0.2, -0.15) is 0 Å². The Balaban J connectivity index is 1.49. The van der Waals surface area contributed by atoms with Gasteiger partial charge in [-0.05, 0) is 71.3 Å². The van der Waals surface area contributed by atoms with Crippen molar-refractivity contribution in [2.45, 2.75) is 59.3 Å². The van der Waals surface area contributed by atoms with Crippen molar-refractivity contribution in [2.75, 3.05) is 0 Å². The number of benzene rings is 2. The Kier molecular flexibility index (Phi) is 5.10. The maximum Gasteiger partial charge on any atom is 0.227 e. The zero-order valence-corrected chi connectivity index (χ0v) is 22.6. The Morgan fingerprint density at radius 2 is 1.41 bits per heavy atom. The first-order valence-corrected chi connectivity index (χ1v) is 12.8. The minimum absolute atomic E-state index is 0.0338. The third-order valence-corrected chi connectivity index (χ3v) is 7.10. The summed E-state index contributed by atoms with van der Waals surface area (Å²) in [5.74, 6) is 0.831. The summed E-state index contributed by atoms with van der Waals surface area (Å²) in [5.41, 5.74) is 9.52. The van der Waals surface area contributed by atoms with E-state index in [1.165, 1.54) is 11.1 Å². The van der Waals surface area contributed by atoms with E-state index in [0.717, 1.165) is 55.7 Å². The van der Waals surface area contributed by atoms with Gasteiger partial charge in [0.2, 0.25) is 5.71 Å². The van der Waals surface area contributed by atoms with Gasteiger partial charge in [-0.25, -0.2) is 9.97 Å². The second-order valence-electron chi connectivity index (χ2n) is 12.1. The van der Waals surface area contributed by atoms with Crippen molar-refractivity contribution in [1.29, 1.82) is 0 Å². The standard InChI is InChI=1S/C33H32N2O2/c1-19-11-12-24-23-9-8-10-25(30(23)37-31(24)34-19)26-13-14-28-27(35-26)18-29(36-28)20-15-21(32(2,3)4)17-22(16-20)33(5,6)7/h8-18H,1-7H3. The lowest BCUT2D eigenvalue weighted by Gasteiger charge is -2.26. The molecule has 0 aliphatic heterocycles. The molecule has 2 aromatic carbocycles. The molecule has 4 aromatic heterocycles. The first-order chi connectivity index (χ1) is 17.5. The Labute approximate surface area is 217 Å². The van der Waals surface area contributed by atoms with Gasteiger partial charge in [0, 0.05) is 33.7 Å². The van der Waals surface area contributed by atoms with Crippen LogP contribution in [0.1, 0.15) is 58.4 Å². The molecule has 6 aromatic rings. The van der Waals surface area contributed by atoms with Crippen LogP contribution in [0.15, 0.2) is 75.6 Å². The van der Waals surface area contributed by atoms with Crippen LogP contribution < -0.4 is 0 Å². The van der Waals surface area contributed by atoms with Crippen LogP contribution >= 0.6 is 0 Å². The van der Waals surface area contributed by atoms with E-state index in [1.807, 2.05) is 31.2 Å². The van der Waals surface area contributed by atoms with Crippen molar-refractivity contribution >= 4 is 33.2 Å². The van der Waals surface area contributed by atoms with Crippen LogP contribution in [0.5, 0.6) is 0 Å². The zero-order valence-electron chi connectivity index (χ0n) is 22.6. The highest BCUT2D eigenvalue weighted by atomic mass is 16.3. The second kappa shape index (κ2) is 8.04. The molecule has 37 heavy (non-hydrogen) atoms. The molecule has 0 saturated carbocycles. The summed E-state index contributed by atoms with van der Waals surface area (Å²) < 4.78 is 12.6. The van der Waals surface area contributed by atoms with E-state index in [9.17, 15) is 0 Å². The molecular formula is C33H32N2O2. The van der Waals surface area contributed by atoms with E-state index in [1.54, 1.807) is 0 Å². The Morgan fingerprint density at radius 3 is 2.11 bits per heavy atom. The smallest absolute Gasteiger partial charge is 0.227 e. The third kappa shape index (κ3) is 4.11. The van der Waals surface area contributed by atoms with Gasteiger partial charge in [0.05, 0.1) is 5.69 Å². The molecular weight excluding hydrogens is 456 g/mol. The molecule has 4 heteroatoms. The fourth-order valence-corrected chi connectivity index (χ4v) is 4.83. The summed E-state index contributed by atoms with van der Waals surface area (Å²) in [7, 11) is 0. The maximum absolute atomic E-state index is 6.33. The van der Waals surface area contributed by atoms with Gasteiger partial charge >= 0.3 is 0 Å². The van der Waals surface area contributed by atoms with Crippen LogP contribution in [0.25, 0.3) is 55.7 Å². The molecule has 4 heterocycles. The molecule has 0 saturated heterocycles. The van der Waals surface area contributed by atoms with Crippen molar-refractivity contribution in [3.05, 3.63) is 83.6 Å². The van der Waals surface area contributed by atoms with E-state index >= 15 is 0 Å². The highest BCUT2D eigenvalue weighted by Gasteiger charge is 2.22. The van der Waals surface area contributed by atoms with Gasteiger partial charge in [-0.1, -0.05) is 59.7 Å². The molecule has 0 aliphatic carbocycles. The molecule has 0 unspecified atom stereocenters. The average molecular weight is 489 g/mol. The number of aryl methyl sites for hydroxylation is 1. The van der Waals surface area contributed by atoms with Gasteiger partial charge in [-0.3, -0.25) is 0 Å². The SMILES string of the molecule is Cc1ccc2c(n1)oc1c(-c3ccc4oc(-c5cc(C(C)(C)C)cc(C(C)(C)C)c5)cc4n3)cccc12. The monoisotopic (exact) mass is 488 g/mol. The third-order valence-electron chi connectivity index (χ3n) is 7.10. The number of hydrogen-bond acceptors (Lipinski definition) is 4. The lowest BCUT2D eigenvalue weighted by atomic mass is 9.79. The molecule has 0 aliphatic rings. The van der Waals surface area contributed by atoms with Gasteiger partial charge < -0.3 is 8.83 Å². The van der Waals surface area contributed by atoms with Crippen LogP contribution in [0.3, 0.4) is 0 Å². The summed E-state index contributed by atoms with van der Waals surface area (Å²) in [6.45, 7) is 15.5. The number of pyridine rings is 2. The first kappa shape index (κ1) is 23.5. The summed E-state index contributed by atoms with van der Waals surface area (Å²) in [4.78, 5) is 9.58. The highest BCUT2D eigenvalue weighted by Crippen LogP contribution is 2.38. The molecule has 0 N–H and O–H groups in total. The first-order valence-electron chi connectivity index (χ1n) is 12.8. The number of rotatable bonds is 2. The zero-order chi connectivity index (χ0) is 26.1. The molecule has 6 rings (SSSR count). The summed E-state index contributed by atoms with van der Waals surface area (Å²) in [6, 6.07) is 23.1. The van der Waals surface area contributed by atoms with Gasteiger partial charge in [-0.15, -0.1) is 0 Å². The largest absolute Gasteiger partial charge is 0.454 e. The number of hydrogen-bond donors (Lipinski definition) is 0. The lowest BCUT2D eigenvalue weighted by molar-refractivity contribution is 0.567. The number of furan rings is 2. The highest BCUT2D eigenvalue weighted by molar-refractivity contribution is 6.08. The minimum atomic E-state index is 0.0338. The Bertz CT molecular complexity index is 1770. The molecule has 0 amide bonds. The number of aromatic nitrogens is 2. The van der Waals surface area contributed by atoms with E-state index in [0.29, 0.717) is 5.71 Å². The van der Waals surface area contributed by atoms with Crippen LogP contribution in [0, 0.1) is 6.92 Å². The van der Waals surface area contributed by atoms with E-state index in [-0.39, 0.29) is 10.8 Å². The minimum Gasteiger partial charge on any atom is -0.454 e. The second-order valence-corrected chi connectivity index (χ2v) is 12.1. The fraction of sp³-hybridized carbons (Fsp3) is 0.273. The van der Waals surface area contributed by atoms with Crippen LogP contribution in [0.4, 0.5) is 0 Å². The summed E-state index contributed by atoms with van der Waals surface area (Å²) in [6.07, 6.45) is 0. The van der Waals surface area contributed by atoms with E-state index < -0.39 is 0 Å². The normalized spacial score (nSPS) is 12.7. The van der Waals surface area contributed by atoms with Crippen LogP contribution in [0.2, 0.25) is 0 Å².